The van der Waals surface area contributed by atoms with E-state index in [1.807, 2.05) is 48.5 Å². The molecule has 7 aromatic rings. The number of aromatic nitrogens is 2. The monoisotopic (exact) mass is 1270 g/mol. The van der Waals surface area contributed by atoms with Crippen molar-refractivity contribution in [1.82, 2.24) is 34.7 Å². The van der Waals surface area contributed by atoms with Gasteiger partial charge in [-0.3, -0.25) is 39.5 Å². The number of unbranched alkanes of at least 4 members (excludes halogenated alkanes) is 4. The Labute approximate surface area is 533 Å². The summed E-state index contributed by atoms with van der Waals surface area (Å²) in [6.07, 6.45) is 10.4. The maximum atomic E-state index is 14.1. The number of nitro benzene ring substituents is 1. The highest BCUT2D eigenvalue weighted by molar-refractivity contribution is 7.90. The first-order valence-electron chi connectivity index (χ1n) is 31.1. The van der Waals surface area contributed by atoms with Gasteiger partial charge in [0.1, 0.15) is 34.6 Å². The first-order chi connectivity index (χ1) is 44.2. The zero-order valence-electron chi connectivity index (χ0n) is 50.3. The molecule has 5 aliphatic heterocycles. The maximum absolute atomic E-state index is 14.1. The van der Waals surface area contributed by atoms with E-state index in [0.29, 0.717) is 100.0 Å². The Kier molecular flexibility index (Phi) is 19.3. The van der Waals surface area contributed by atoms with Crippen LogP contribution < -0.4 is 29.7 Å². The van der Waals surface area contributed by atoms with Gasteiger partial charge in [-0.1, -0.05) is 66.6 Å². The van der Waals surface area contributed by atoms with Crippen molar-refractivity contribution in [1.29, 1.82) is 0 Å². The summed E-state index contributed by atoms with van der Waals surface area (Å²) >= 11 is 6.37. The molecule has 0 bridgehead atoms. The van der Waals surface area contributed by atoms with Crippen LogP contribution in [0, 0.1) is 33.8 Å². The standard InChI is InChI=1S/C68H71ClN10O11S/c69-50-16-14-48(15-17-50)54-11-8-13-62(89-44-46-40-76(41-46)28-6-4-2-1-3-5-9-47-10-7-12-55-57(47)43-78(68(55)83)60-22-23-64(80)73-67(60)82)58(54)42-75-29-31-77(32-30-75)51-18-20-56(63(36-51)90-52-35-49-24-27-70-65(49)72-39-52)66(81)74-91(86,87)53-19-21-59(61(37-53)79(84)85)71-38-45-25-33-88-34-26-45/h7-8,10-21,24,27,35-37,39,45-46,60,71H,1-4,6,22-23,25-26,28-34,38,40-44H2,(H,70,72)(H,74,81)(H,73,80,82). The highest BCUT2D eigenvalue weighted by Gasteiger charge is 2.40. The van der Waals surface area contributed by atoms with Crippen LogP contribution in [0.2, 0.25) is 5.02 Å². The van der Waals surface area contributed by atoms with Gasteiger partial charge in [0.15, 0.2) is 0 Å². The van der Waals surface area contributed by atoms with E-state index in [2.05, 4.69) is 64.0 Å². The molecule has 5 aromatic carbocycles. The number of pyridine rings is 1. The van der Waals surface area contributed by atoms with Crippen LogP contribution in [-0.2, 0) is 37.4 Å². The molecule has 23 heteroatoms. The third-order valence-corrected chi connectivity index (χ3v) is 19.3. The number of piperidine rings is 1. The zero-order valence-corrected chi connectivity index (χ0v) is 51.9. The molecule has 4 N–H and O–H groups in total. The van der Waals surface area contributed by atoms with Crippen LogP contribution in [0.15, 0.2) is 126 Å². The van der Waals surface area contributed by atoms with E-state index in [-0.39, 0.29) is 41.2 Å². The predicted molar refractivity (Wildman–Crippen MR) is 345 cm³/mol. The van der Waals surface area contributed by atoms with Gasteiger partial charge in [-0.15, -0.1) is 0 Å². The summed E-state index contributed by atoms with van der Waals surface area (Å²) in [7, 11) is -4.61. The SMILES string of the molecule is O=C1CCC(N2Cc3c(C#CCCCCCCN4CC(COc5cccc(-c6ccc(Cl)cc6)c5CN5CCN(c6ccc(C(=O)NS(=O)(=O)c7ccc(NCC8CCOCC8)c([N+](=O)[O-])c7)c(Oc7cnc8[nH]ccc8c7)c6)CC5)C4)cccc3C2=O)C(=O)N1. The number of anilines is 2. The molecule has 0 saturated carbocycles. The molecule has 4 amide bonds. The molecule has 91 heavy (non-hydrogen) atoms. The van der Waals surface area contributed by atoms with Crippen molar-refractivity contribution in [2.24, 2.45) is 11.8 Å². The number of nitrogens with zero attached hydrogens (tertiary/aromatic N) is 6. The lowest BCUT2D eigenvalue weighted by Gasteiger charge is -2.39. The molecule has 5 aliphatic rings. The van der Waals surface area contributed by atoms with Gasteiger partial charge in [-0.05, 0) is 128 Å². The van der Waals surface area contributed by atoms with Crippen molar-refractivity contribution in [3.8, 4) is 40.2 Å². The fraction of sp³-hybridized carbons (Fsp3) is 0.368. The Bertz CT molecular complexity index is 4060. The number of nitro groups is 1. The predicted octanol–water partition coefficient (Wildman–Crippen LogP) is 9.94. The molecule has 0 spiro atoms. The fourth-order valence-corrected chi connectivity index (χ4v) is 13.7. The summed E-state index contributed by atoms with van der Waals surface area (Å²) in [6.45, 7) is 8.79. The number of imide groups is 1. The molecule has 472 valence electrons. The highest BCUT2D eigenvalue weighted by atomic mass is 35.5. The van der Waals surface area contributed by atoms with Gasteiger partial charge in [0.05, 0.1) is 28.2 Å². The summed E-state index contributed by atoms with van der Waals surface area (Å²) in [5.41, 5.74) is 6.46. The number of benzene rings is 5. The number of rotatable bonds is 23. The van der Waals surface area contributed by atoms with E-state index in [4.69, 9.17) is 25.8 Å². The van der Waals surface area contributed by atoms with Gasteiger partial charge in [-0.25, -0.2) is 18.1 Å². The second-order valence-electron chi connectivity index (χ2n) is 23.9. The molecule has 21 nitrogen and oxygen atoms in total. The Morgan fingerprint density at radius 2 is 1.64 bits per heavy atom. The lowest BCUT2D eigenvalue weighted by Crippen LogP contribution is -2.52. The number of nitrogens with one attached hydrogen (secondary N) is 4. The second kappa shape index (κ2) is 28.1. The first kappa shape index (κ1) is 62.3. The molecule has 4 saturated heterocycles. The van der Waals surface area contributed by atoms with Crippen molar-refractivity contribution in [3.63, 3.8) is 0 Å². The van der Waals surface area contributed by atoms with Crippen LogP contribution in [0.4, 0.5) is 17.1 Å². The van der Waals surface area contributed by atoms with Gasteiger partial charge >= 0.3 is 0 Å². The average molecular weight is 1270 g/mol. The second-order valence-corrected chi connectivity index (χ2v) is 26.0. The van der Waals surface area contributed by atoms with Crippen LogP contribution in [0.1, 0.15) is 95.2 Å². The molecule has 4 fully saturated rings. The molecule has 2 aromatic heterocycles. The smallest absolute Gasteiger partial charge is 0.293 e. The van der Waals surface area contributed by atoms with E-state index >= 15 is 0 Å². The van der Waals surface area contributed by atoms with Gasteiger partial charge < -0.3 is 39.2 Å². The van der Waals surface area contributed by atoms with E-state index in [9.17, 15) is 37.7 Å². The van der Waals surface area contributed by atoms with Gasteiger partial charge in [0.2, 0.25) is 11.8 Å². The summed E-state index contributed by atoms with van der Waals surface area (Å²) in [6, 6.07) is 31.1. The number of carbonyl (C=O) groups is 4. The van der Waals surface area contributed by atoms with Crippen LogP contribution >= 0.6 is 11.6 Å². The van der Waals surface area contributed by atoms with E-state index in [1.54, 1.807) is 35.4 Å². The fourth-order valence-electron chi connectivity index (χ4n) is 12.6. The molecule has 12 rings (SSSR count). The number of H-pyrrole nitrogens is 1. The van der Waals surface area contributed by atoms with Crippen molar-refractivity contribution in [3.05, 3.63) is 165 Å². The third-order valence-electron chi connectivity index (χ3n) is 17.7. The molecule has 7 heterocycles. The van der Waals surface area contributed by atoms with E-state index in [1.165, 1.54) is 24.4 Å². The number of amides is 4. The molecule has 1 unspecified atom stereocenters. The first-order valence-corrected chi connectivity index (χ1v) is 32.9. The largest absolute Gasteiger partial charge is 0.493 e. The van der Waals surface area contributed by atoms with Gasteiger partial charge in [-0.2, -0.15) is 0 Å². The molecule has 0 radical (unpaired) electrons. The highest BCUT2D eigenvalue weighted by Crippen LogP contribution is 2.37. The summed E-state index contributed by atoms with van der Waals surface area (Å²) in [4.78, 5) is 78.9. The number of halogens is 1. The number of fused-ring (bicyclic) bond motifs is 2. The number of carbonyl (C=O) groups excluding carboxylic acids is 4. The van der Waals surface area contributed by atoms with Crippen LogP contribution in [0.5, 0.6) is 17.2 Å². The minimum atomic E-state index is -4.61. The lowest BCUT2D eigenvalue weighted by molar-refractivity contribution is -0.384. The Morgan fingerprint density at radius 1 is 0.846 bits per heavy atom. The van der Waals surface area contributed by atoms with Crippen LogP contribution in [0.25, 0.3) is 22.2 Å². The minimum Gasteiger partial charge on any atom is -0.493 e. The normalized spacial score (nSPS) is 17.5. The average Bonchev–Trinajstić information content (AvgIpc) is 1.87. The number of aromatic amines is 1. The van der Waals surface area contributed by atoms with E-state index < -0.39 is 43.4 Å². The number of ether oxygens (including phenoxy) is 3. The third kappa shape index (κ3) is 14.8. The van der Waals surface area contributed by atoms with Gasteiger partial charge in [0.25, 0.3) is 27.5 Å². The number of sulfonamides is 1. The van der Waals surface area contributed by atoms with Crippen molar-refractivity contribution in [2.45, 2.75) is 81.8 Å². The summed E-state index contributed by atoms with van der Waals surface area (Å²) in [5, 5.41) is 19.1. The molecule has 1 atom stereocenters. The number of piperazine rings is 1. The Morgan fingerprint density at radius 3 is 2.44 bits per heavy atom. The van der Waals surface area contributed by atoms with Crippen molar-refractivity contribution < 1.29 is 46.7 Å². The maximum Gasteiger partial charge on any atom is 0.293 e. The van der Waals surface area contributed by atoms with Crippen LogP contribution in [0.3, 0.4) is 0 Å². The molecule has 0 aliphatic carbocycles. The minimum absolute atomic E-state index is 0.0739. The topological polar surface area (TPSA) is 251 Å². The number of hydrogen-bond acceptors (Lipinski definition) is 16. The van der Waals surface area contributed by atoms with Crippen molar-refractivity contribution in [2.75, 3.05) is 82.4 Å². The number of hydrogen-bond donors (Lipinski definition) is 4. The number of likely N-dealkylation sites (tertiary alicyclic amines) is 1. The molecular weight excluding hydrogens is 1200 g/mol. The molecular formula is C68H71ClN10O11S. The summed E-state index contributed by atoms with van der Waals surface area (Å²) < 4.78 is 48.4. The summed E-state index contributed by atoms with van der Waals surface area (Å²) in [5.74, 6) is 6.58. The lowest BCUT2D eigenvalue weighted by atomic mass is 9.97. The van der Waals surface area contributed by atoms with E-state index in [0.717, 1.165) is 115 Å². The Balaban J connectivity index is 0.646. The quantitative estimate of drug-likeness (QED) is 0.0153. The zero-order chi connectivity index (χ0) is 63.0. The van der Waals surface area contributed by atoms with Gasteiger partial charge in [0, 0.05) is 142 Å². The Hall–Kier alpha value is -8.85. The van der Waals surface area contributed by atoms with Crippen LogP contribution in [-0.4, -0.2) is 140 Å². The van der Waals surface area contributed by atoms with Crippen molar-refractivity contribution >= 4 is 73.3 Å².